The summed E-state index contributed by atoms with van der Waals surface area (Å²) in [5.41, 5.74) is 2.90. The van der Waals surface area contributed by atoms with Crippen LogP contribution in [0.15, 0.2) is 41.3 Å². The van der Waals surface area contributed by atoms with Crippen molar-refractivity contribution in [1.29, 1.82) is 0 Å². The molecule has 2 aliphatic rings. The molecule has 0 aromatic heterocycles. The molecule has 10 heteroatoms. The van der Waals surface area contributed by atoms with E-state index in [1.165, 1.54) is 0 Å². The minimum Gasteiger partial charge on any atom is -0.493 e. The zero-order chi connectivity index (χ0) is 24.9. The number of methoxy groups -OCH3 is 1. The fourth-order valence-electron chi connectivity index (χ4n) is 3.76. The molecule has 184 valence electrons. The van der Waals surface area contributed by atoms with Gasteiger partial charge in [-0.1, -0.05) is 29.8 Å². The zero-order valence-electron chi connectivity index (χ0n) is 19.4. The molecule has 0 aliphatic carbocycles. The van der Waals surface area contributed by atoms with Gasteiger partial charge in [0.25, 0.3) is 11.1 Å². The maximum atomic E-state index is 12.9. The first-order chi connectivity index (χ1) is 16.9. The maximum absolute atomic E-state index is 12.9. The number of amides is 3. The number of hydrogen-bond donors (Lipinski definition) is 0. The van der Waals surface area contributed by atoms with E-state index in [2.05, 4.69) is 28.7 Å². The number of hydrogen-bond acceptors (Lipinski definition) is 7. The lowest BCUT2D eigenvalue weighted by molar-refractivity contribution is -0.139. The normalized spacial score (nSPS) is 17.3. The van der Waals surface area contributed by atoms with Crippen molar-refractivity contribution in [1.82, 2.24) is 9.80 Å². The molecule has 2 aromatic carbocycles. The van der Waals surface area contributed by atoms with Gasteiger partial charge < -0.3 is 19.1 Å². The van der Waals surface area contributed by atoms with Crippen LogP contribution >= 0.6 is 34.4 Å². The molecule has 4 rings (SSSR count). The monoisotopic (exact) mass is 608 g/mol. The topological polar surface area (TPSA) is 85.4 Å². The maximum Gasteiger partial charge on any atom is 0.294 e. The molecule has 2 saturated heterocycles. The van der Waals surface area contributed by atoms with Crippen LogP contribution in [-0.2, 0) is 20.9 Å². The third-order valence-electron chi connectivity index (χ3n) is 5.55. The van der Waals surface area contributed by atoms with Gasteiger partial charge in [-0.25, -0.2) is 0 Å². The van der Waals surface area contributed by atoms with Crippen LogP contribution in [0.25, 0.3) is 6.08 Å². The summed E-state index contributed by atoms with van der Waals surface area (Å²) in [6, 6.07) is 11.7. The van der Waals surface area contributed by atoms with Crippen molar-refractivity contribution in [2.45, 2.75) is 13.5 Å². The Morgan fingerprint density at radius 2 is 1.97 bits per heavy atom. The van der Waals surface area contributed by atoms with Gasteiger partial charge in [0.1, 0.15) is 13.2 Å². The number of thioether (sulfide) groups is 1. The summed E-state index contributed by atoms with van der Waals surface area (Å²) in [5, 5.41) is -0.456. The predicted molar refractivity (Wildman–Crippen MR) is 141 cm³/mol. The van der Waals surface area contributed by atoms with E-state index in [4.69, 9.17) is 14.2 Å². The van der Waals surface area contributed by atoms with Crippen LogP contribution in [0.1, 0.15) is 16.7 Å². The van der Waals surface area contributed by atoms with Crippen LogP contribution in [0.3, 0.4) is 0 Å². The highest BCUT2D eigenvalue weighted by molar-refractivity contribution is 14.1. The summed E-state index contributed by atoms with van der Waals surface area (Å²) in [4.78, 5) is 40.8. The number of benzene rings is 2. The number of carbonyl (C=O) groups excluding carboxylic acids is 3. The second-order valence-electron chi connectivity index (χ2n) is 8.07. The first-order valence-corrected chi connectivity index (χ1v) is 12.9. The molecule has 2 aromatic rings. The summed E-state index contributed by atoms with van der Waals surface area (Å²) < 4.78 is 17.6. The van der Waals surface area contributed by atoms with E-state index in [1.54, 1.807) is 24.2 Å². The van der Waals surface area contributed by atoms with Crippen LogP contribution in [0, 0.1) is 10.5 Å². The van der Waals surface area contributed by atoms with E-state index in [-0.39, 0.29) is 17.4 Å². The van der Waals surface area contributed by atoms with Crippen LogP contribution in [0.4, 0.5) is 4.79 Å². The third kappa shape index (κ3) is 6.17. The van der Waals surface area contributed by atoms with Gasteiger partial charge in [-0.15, -0.1) is 0 Å². The van der Waals surface area contributed by atoms with Crippen LogP contribution < -0.4 is 9.47 Å². The molecular weight excluding hydrogens is 583 g/mol. The Hall–Kier alpha value is -2.57. The number of ether oxygens (including phenoxy) is 3. The molecule has 0 spiro atoms. The number of morpholine rings is 1. The number of nitrogens with zero attached hydrogens (tertiary/aromatic N) is 2. The Balaban J connectivity index is 1.48. The van der Waals surface area contributed by atoms with Crippen LogP contribution in [0.2, 0.25) is 0 Å². The van der Waals surface area contributed by atoms with Crippen LogP contribution in [0.5, 0.6) is 11.5 Å². The Bertz CT molecular complexity index is 1180. The summed E-state index contributed by atoms with van der Waals surface area (Å²) >= 11 is 2.99. The highest BCUT2D eigenvalue weighted by atomic mass is 127. The van der Waals surface area contributed by atoms with Gasteiger partial charge in [0.05, 0.1) is 28.8 Å². The lowest BCUT2D eigenvalue weighted by Gasteiger charge is -2.28. The van der Waals surface area contributed by atoms with Crippen molar-refractivity contribution in [3.05, 3.63) is 61.6 Å². The second-order valence-corrected chi connectivity index (χ2v) is 10.2. The molecule has 2 aliphatic heterocycles. The van der Waals surface area contributed by atoms with Gasteiger partial charge in [-0.05, 0) is 70.6 Å². The van der Waals surface area contributed by atoms with Crippen molar-refractivity contribution in [2.24, 2.45) is 0 Å². The molecular formula is C25H25IN2O6S. The standard InChI is InChI=1S/C25H25IN2O6S/c1-16-4-3-5-17(10-16)15-34-23-19(26)11-18(12-20(23)32-2)13-21-24(30)28(25(31)35-21)14-22(29)27-6-8-33-9-7-27/h3-5,10-13H,6-9,14-15H2,1-2H3/b21-13+. The average molecular weight is 608 g/mol. The average Bonchev–Trinajstić information content (AvgIpc) is 3.10. The quantitative estimate of drug-likeness (QED) is 0.346. The molecule has 0 saturated carbocycles. The van der Waals surface area contributed by atoms with Crippen molar-refractivity contribution < 1.29 is 28.6 Å². The predicted octanol–water partition coefficient (Wildman–Crippen LogP) is 4.08. The number of carbonyl (C=O) groups is 3. The molecule has 0 radical (unpaired) electrons. The zero-order valence-corrected chi connectivity index (χ0v) is 22.4. The highest BCUT2D eigenvalue weighted by Crippen LogP contribution is 2.37. The minimum absolute atomic E-state index is 0.260. The van der Waals surface area contributed by atoms with E-state index in [1.807, 2.05) is 31.2 Å². The summed E-state index contributed by atoms with van der Waals surface area (Å²) in [5.74, 6) is 0.395. The van der Waals surface area contributed by atoms with E-state index in [0.717, 1.165) is 31.4 Å². The van der Waals surface area contributed by atoms with E-state index in [9.17, 15) is 14.4 Å². The van der Waals surface area contributed by atoms with E-state index in [0.29, 0.717) is 50.0 Å². The Morgan fingerprint density at radius 3 is 2.69 bits per heavy atom. The molecule has 2 fully saturated rings. The summed E-state index contributed by atoms with van der Waals surface area (Å²) in [6.45, 7) is 3.99. The third-order valence-corrected chi connectivity index (χ3v) is 7.25. The molecule has 2 heterocycles. The number of rotatable bonds is 7. The molecule has 0 unspecified atom stereocenters. The number of halogens is 1. The number of imide groups is 1. The van der Waals surface area contributed by atoms with E-state index < -0.39 is 11.1 Å². The fourth-order valence-corrected chi connectivity index (χ4v) is 5.38. The highest BCUT2D eigenvalue weighted by Gasteiger charge is 2.37. The molecule has 35 heavy (non-hydrogen) atoms. The van der Waals surface area contributed by atoms with Crippen molar-refractivity contribution in [3.63, 3.8) is 0 Å². The van der Waals surface area contributed by atoms with Gasteiger partial charge >= 0.3 is 0 Å². The Kier molecular flexibility index (Phi) is 8.34. The van der Waals surface area contributed by atoms with Gasteiger partial charge in [0, 0.05) is 13.1 Å². The molecule has 8 nitrogen and oxygen atoms in total. The summed E-state index contributed by atoms with van der Waals surface area (Å²) in [7, 11) is 1.56. The lowest BCUT2D eigenvalue weighted by Crippen LogP contribution is -2.46. The van der Waals surface area contributed by atoms with Gasteiger partial charge in [0.15, 0.2) is 11.5 Å². The Morgan fingerprint density at radius 1 is 1.20 bits per heavy atom. The summed E-state index contributed by atoms with van der Waals surface area (Å²) in [6.07, 6.45) is 1.64. The van der Waals surface area contributed by atoms with Crippen molar-refractivity contribution >= 4 is 57.5 Å². The minimum atomic E-state index is -0.477. The molecule has 0 atom stereocenters. The molecule has 0 N–H and O–H groups in total. The SMILES string of the molecule is COc1cc(/C=C2/SC(=O)N(CC(=O)N3CCOCC3)C2=O)cc(I)c1OCc1cccc(C)c1. The molecule has 0 bridgehead atoms. The number of aryl methyl sites for hydroxylation is 1. The van der Waals surface area contributed by atoms with Crippen molar-refractivity contribution in [3.8, 4) is 11.5 Å². The van der Waals surface area contributed by atoms with Gasteiger partial charge in [-0.3, -0.25) is 19.3 Å². The van der Waals surface area contributed by atoms with E-state index >= 15 is 0 Å². The van der Waals surface area contributed by atoms with Crippen LogP contribution in [-0.4, -0.2) is 66.8 Å². The lowest BCUT2D eigenvalue weighted by atomic mass is 10.1. The fraction of sp³-hybridized carbons (Fsp3) is 0.320. The Labute approximate surface area is 221 Å². The van der Waals surface area contributed by atoms with Gasteiger partial charge in [-0.2, -0.15) is 0 Å². The first kappa shape index (κ1) is 25.5. The molecule has 3 amide bonds. The largest absolute Gasteiger partial charge is 0.493 e. The van der Waals surface area contributed by atoms with Gasteiger partial charge in [0.2, 0.25) is 5.91 Å². The second kappa shape index (κ2) is 11.4. The first-order valence-electron chi connectivity index (χ1n) is 11.0. The van der Waals surface area contributed by atoms with Crippen molar-refractivity contribution in [2.75, 3.05) is 40.0 Å². The smallest absolute Gasteiger partial charge is 0.294 e.